The fraction of sp³-hybridized carbons (Fsp3) is 0.429. The van der Waals surface area contributed by atoms with Gasteiger partial charge in [-0.1, -0.05) is 12.1 Å². The van der Waals surface area contributed by atoms with Crippen molar-refractivity contribution in [3.05, 3.63) is 36.4 Å². The molecular formula is C14H20O3. The van der Waals surface area contributed by atoms with Crippen LogP contribution in [0.15, 0.2) is 30.9 Å². The highest BCUT2D eigenvalue weighted by Gasteiger charge is 2.05. The van der Waals surface area contributed by atoms with E-state index in [1.165, 1.54) is 0 Å². The van der Waals surface area contributed by atoms with Crippen molar-refractivity contribution >= 4 is 0 Å². The number of aliphatic hydroxyl groups is 1. The molecule has 0 fully saturated rings. The van der Waals surface area contributed by atoms with Crippen molar-refractivity contribution in [3.8, 4) is 11.5 Å². The predicted octanol–water partition coefficient (Wildman–Crippen LogP) is 2.92. The molecule has 0 aliphatic heterocycles. The van der Waals surface area contributed by atoms with Gasteiger partial charge in [0.05, 0.1) is 19.8 Å². The summed E-state index contributed by atoms with van der Waals surface area (Å²) in [4.78, 5) is 0. The van der Waals surface area contributed by atoms with Crippen molar-refractivity contribution in [2.75, 3.05) is 13.2 Å². The molecule has 3 nitrogen and oxygen atoms in total. The SMILES string of the molecule is C=CCCCOc1ccc(CO)cc1OCC. The van der Waals surface area contributed by atoms with Crippen LogP contribution in [0.1, 0.15) is 25.3 Å². The Labute approximate surface area is 103 Å². The van der Waals surface area contributed by atoms with Gasteiger partial charge in [0.2, 0.25) is 0 Å². The molecule has 17 heavy (non-hydrogen) atoms. The second kappa shape index (κ2) is 7.74. The minimum Gasteiger partial charge on any atom is -0.490 e. The van der Waals surface area contributed by atoms with E-state index < -0.39 is 0 Å². The number of rotatable bonds is 8. The van der Waals surface area contributed by atoms with Crippen molar-refractivity contribution < 1.29 is 14.6 Å². The maximum Gasteiger partial charge on any atom is 0.161 e. The van der Waals surface area contributed by atoms with E-state index in [9.17, 15) is 0 Å². The first kappa shape index (κ1) is 13.6. The van der Waals surface area contributed by atoms with Crippen LogP contribution in [0.25, 0.3) is 0 Å². The minimum absolute atomic E-state index is 0.0107. The maximum atomic E-state index is 9.06. The average molecular weight is 236 g/mol. The molecule has 0 aliphatic carbocycles. The van der Waals surface area contributed by atoms with Gasteiger partial charge in [0.1, 0.15) is 0 Å². The van der Waals surface area contributed by atoms with Crippen LogP contribution in [0.5, 0.6) is 11.5 Å². The van der Waals surface area contributed by atoms with Gasteiger partial charge in [0.15, 0.2) is 11.5 Å². The van der Waals surface area contributed by atoms with Crippen molar-refractivity contribution in [3.63, 3.8) is 0 Å². The van der Waals surface area contributed by atoms with Gasteiger partial charge in [-0.2, -0.15) is 0 Å². The van der Waals surface area contributed by atoms with E-state index in [1.807, 2.05) is 31.2 Å². The number of unbranched alkanes of at least 4 members (excludes halogenated alkanes) is 1. The highest BCUT2D eigenvalue weighted by molar-refractivity contribution is 5.42. The van der Waals surface area contributed by atoms with Gasteiger partial charge < -0.3 is 14.6 Å². The Bertz CT molecular complexity index is 347. The van der Waals surface area contributed by atoms with Crippen LogP contribution in [0.4, 0.5) is 0 Å². The Hall–Kier alpha value is -1.48. The molecule has 0 heterocycles. The molecule has 0 bridgehead atoms. The van der Waals surface area contributed by atoms with E-state index in [0.717, 1.165) is 24.2 Å². The molecular weight excluding hydrogens is 216 g/mol. The second-order valence-electron chi connectivity index (χ2n) is 3.65. The van der Waals surface area contributed by atoms with Crippen LogP contribution in [0, 0.1) is 0 Å². The van der Waals surface area contributed by atoms with Crippen molar-refractivity contribution in [1.29, 1.82) is 0 Å². The van der Waals surface area contributed by atoms with E-state index in [1.54, 1.807) is 0 Å². The molecule has 3 heteroatoms. The standard InChI is InChI=1S/C14H20O3/c1-3-5-6-9-17-13-8-7-12(11-15)10-14(13)16-4-2/h3,7-8,10,15H,1,4-6,9,11H2,2H3. The summed E-state index contributed by atoms with van der Waals surface area (Å²) < 4.78 is 11.1. The van der Waals surface area contributed by atoms with Gasteiger partial charge in [0.25, 0.3) is 0 Å². The first-order chi connectivity index (χ1) is 8.31. The zero-order valence-electron chi connectivity index (χ0n) is 10.3. The molecule has 94 valence electrons. The second-order valence-corrected chi connectivity index (χ2v) is 3.65. The van der Waals surface area contributed by atoms with Crippen LogP contribution in [-0.4, -0.2) is 18.3 Å². The van der Waals surface area contributed by atoms with E-state index in [2.05, 4.69) is 6.58 Å². The number of ether oxygens (including phenoxy) is 2. The summed E-state index contributed by atoms with van der Waals surface area (Å²) in [7, 11) is 0. The van der Waals surface area contributed by atoms with E-state index in [4.69, 9.17) is 14.6 Å². The highest BCUT2D eigenvalue weighted by Crippen LogP contribution is 2.28. The summed E-state index contributed by atoms with van der Waals surface area (Å²) in [5, 5.41) is 9.06. The lowest BCUT2D eigenvalue weighted by atomic mass is 10.2. The van der Waals surface area contributed by atoms with Crippen LogP contribution >= 0.6 is 0 Å². The van der Waals surface area contributed by atoms with Crippen molar-refractivity contribution in [1.82, 2.24) is 0 Å². The molecule has 1 aromatic rings. The summed E-state index contributed by atoms with van der Waals surface area (Å²) in [6.07, 6.45) is 3.76. The molecule has 0 aromatic heterocycles. The smallest absolute Gasteiger partial charge is 0.161 e. The Morgan fingerprint density at radius 1 is 1.29 bits per heavy atom. The topological polar surface area (TPSA) is 38.7 Å². The summed E-state index contributed by atoms with van der Waals surface area (Å²) in [6, 6.07) is 5.49. The van der Waals surface area contributed by atoms with E-state index in [-0.39, 0.29) is 6.61 Å². The predicted molar refractivity (Wildman–Crippen MR) is 68.5 cm³/mol. The van der Waals surface area contributed by atoms with Gasteiger partial charge in [0, 0.05) is 0 Å². The Morgan fingerprint density at radius 3 is 2.76 bits per heavy atom. The largest absolute Gasteiger partial charge is 0.490 e. The van der Waals surface area contributed by atoms with Crippen LogP contribution in [0.2, 0.25) is 0 Å². The summed E-state index contributed by atoms with van der Waals surface area (Å²) in [5.74, 6) is 1.42. The molecule has 1 rings (SSSR count). The van der Waals surface area contributed by atoms with Gasteiger partial charge >= 0.3 is 0 Å². The number of hydrogen-bond donors (Lipinski definition) is 1. The normalized spacial score (nSPS) is 10.0. The third-order valence-electron chi connectivity index (χ3n) is 2.30. The molecule has 0 saturated carbocycles. The molecule has 1 aromatic carbocycles. The zero-order chi connectivity index (χ0) is 12.5. The van der Waals surface area contributed by atoms with Crippen LogP contribution in [-0.2, 0) is 6.61 Å². The maximum absolute atomic E-state index is 9.06. The lowest BCUT2D eigenvalue weighted by Crippen LogP contribution is -2.01. The van der Waals surface area contributed by atoms with Crippen molar-refractivity contribution in [2.45, 2.75) is 26.4 Å². The molecule has 0 atom stereocenters. The molecule has 0 spiro atoms. The number of aliphatic hydroxyl groups excluding tert-OH is 1. The number of hydrogen-bond acceptors (Lipinski definition) is 3. The lowest BCUT2D eigenvalue weighted by Gasteiger charge is -2.12. The quantitative estimate of drug-likeness (QED) is 0.557. The van der Waals surface area contributed by atoms with Crippen LogP contribution in [0.3, 0.4) is 0 Å². The van der Waals surface area contributed by atoms with E-state index >= 15 is 0 Å². The molecule has 0 saturated heterocycles. The molecule has 0 aliphatic rings. The molecule has 1 N–H and O–H groups in total. The molecule has 0 unspecified atom stereocenters. The summed E-state index contributed by atoms with van der Waals surface area (Å²) in [6.45, 7) is 6.83. The molecule has 0 radical (unpaired) electrons. The van der Waals surface area contributed by atoms with Gasteiger partial charge in [-0.15, -0.1) is 6.58 Å². The van der Waals surface area contributed by atoms with Gasteiger partial charge in [-0.05, 0) is 37.5 Å². The highest BCUT2D eigenvalue weighted by atomic mass is 16.5. The minimum atomic E-state index is 0.0107. The van der Waals surface area contributed by atoms with Crippen LogP contribution < -0.4 is 9.47 Å². The third kappa shape index (κ3) is 4.49. The Kier molecular flexibility index (Phi) is 6.18. The first-order valence-electron chi connectivity index (χ1n) is 5.92. The van der Waals surface area contributed by atoms with E-state index in [0.29, 0.717) is 19.0 Å². The lowest BCUT2D eigenvalue weighted by molar-refractivity contribution is 0.267. The summed E-state index contributed by atoms with van der Waals surface area (Å²) >= 11 is 0. The zero-order valence-corrected chi connectivity index (χ0v) is 10.3. The molecule has 0 amide bonds. The third-order valence-corrected chi connectivity index (χ3v) is 2.30. The summed E-state index contributed by atoms with van der Waals surface area (Å²) in [5.41, 5.74) is 0.826. The fourth-order valence-corrected chi connectivity index (χ4v) is 1.45. The first-order valence-corrected chi connectivity index (χ1v) is 5.92. The Morgan fingerprint density at radius 2 is 2.12 bits per heavy atom. The average Bonchev–Trinajstić information content (AvgIpc) is 2.36. The number of benzene rings is 1. The van der Waals surface area contributed by atoms with Gasteiger partial charge in [-0.25, -0.2) is 0 Å². The Balaban J connectivity index is 2.65. The monoisotopic (exact) mass is 236 g/mol. The van der Waals surface area contributed by atoms with Gasteiger partial charge in [-0.3, -0.25) is 0 Å². The fourth-order valence-electron chi connectivity index (χ4n) is 1.45. The number of allylic oxidation sites excluding steroid dienone is 1. The van der Waals surface area contributed by atoms with Crippen molar-refractivity contribution in [2.24, 2.45) is 0 Å².